The highest BCUT2D eigenvalue weighted by molar-refractivity contribution is 6.02. The van der Waals surface area contributed by atoms with Gasteiger partial charge in [-0.05, 0) is 59.5 Å². The molecule has 33 heavy (non-hydrogen) atoms. The van der Waals surface area contributed by atoms with Gasteiger partial charge in [-0.25, -0.2) is 0 Å². The Hall–Kier alpha value is -4.00. The Morgan fingerprint density at radius 3 is 2.52 bits per heavy atom. The smallest absolute Gasteiger partial charge is 0.291 e. The first-order chi connectivity index (χ1) is 15.9. The molecule has 0 bridgehead atoms. The van der Waals surface area contributed by atoms with Crippen molar-refractivity contribution in [3.05, 3.63) is 83.8 Å². The lowest BCUT2D eigenvalue weighted by molar-refractivity contribution is -0.116. The van der Waals surface area contributed by atoms with Gasteiger partial charge in [0.25, 0.3) is 5.91 Å². The standard InChI is InChI=1S/C26H28N2O5/c1-18(2)17-33-22-12-8-19(15-24(22)31-3)9-13-25(29)27-16-20-6-10-21(11-7-20)28-26(30)23-5-4-14-32-23/h4-15,18H,16-17H2,1-3H3,(H,27,29)(H,28,30)/b13-9+. The van der Waals surface area contributed by atoms with Crippen LogP contribution in [-0.4, -0.2) is 25.5 Å². The van der Waals surface area contributed by atoms with E-state index in [1.54, 1.807) is 37.5 Å². The Bertz CT molecular complexity index is 1090. The number of furan rings is 1. The molecule has 7 nitrogen and oxygen atoms in total. The summed E-state index contributed by atoms with van der Waals surface area (Å²) in [6, 6.07) is 16.0. The van der Waals surface area contributed by atoms with Crippen LogP contribution in [0.5, 0.6) is 11.5 Å². The molecular weight excluding hydrogens is 420 g/mol. The molecule has 0 radical (unpaired) electrons. The van der Waals surface area contributed by atoms with Gasteiger partial charge in [-0.2, -0.15) is 0 Å². The van der Waals surface area contributed by atoms with E-state index in [0.29, 0.717) is 36.3 Å². The molecule has 0 unspecified atom stereocenters. The minimum absolute atomic E-state index is 0.218. The van der Waals surface area contributed by atoms with E-state index in [4.69, 9.17) is 13.9 Å². The van der Waals surface area contributed by atoms with Crippen LogP contribution in [0.25, 0.3) is 6.08 Å². The number of amides is 2. The Morgan fingerprint density at radius 1 is 1.06 bits per heavy atom. The molecule has 0 saturated heterocycles. The third-order valence-electron chi connectivity index (χ3n) is 4.61. The van der Waals surface area contributed by atoms with E-state index in [9.17, 15) is 9.59 Å². The van der Waals surface area contributed by atoms with E-state index >= 15 is 0 Å². The largest absolute Gasteiger partial charge is 0.493 e. The van der Waals surface area contributed by atoms with Crippen LogP contribution in [0.4, 0.5) is 5.69 Å². The fraction of sp³-hybridized carbons (Fsp3) is 0.231. The molecule has 1 aromatic heterocycles. The SMILES string of the molecule is COc1cc(/C=C/C(=O)NCc2ccc(NC(=O)c3ccco3)cc2)ccc1OCC(C)C. The number of benzene rings is 2. The van der Waals surface area contributed by atoms with Crippen LogP contribution >= 0.6 is 0 Å². The molecule has 0 fully saturated rings. The average molecular weight is 449 g/mol. The molecule has 172 valence electrons. The Kier molecular flexibility index (Phi) is 8.30. The number of nitrogens with one attached hydrogen (secondary N) is 2. The number of methoxy groups -OCH3 is 1. The van der Waals surface area contributed by atoms with Gasteiger partial charge >= 0.3 is 0 Å². The van der Waals surface area contributed by atoms with Crippen molar-refractivity contribution < 1.29 is 23.5 Å². The predicted molar refractivity (Wildman–Crippen MR) is 127 cm³/mol. The first kappa shape index (κ1) is 23.7. The summed E-state index contributed by atoms with van der Waals surface area (Å²) in [4.78, 5) is 24.2. The van der Waals surface area contributed by atoms with Gasteiger partial charge in [0.05, 0.1) is 20.0 Å². The third kappa shape index (κ3) is 7.28. The maximum absolute atomic E-state index is 12.2. The highest BCUT2D eigenvalue weighted by Crippen LogP contribution is 2.29. The zero-order valence-electron chi connectivity index (χ0n) is 19.0. The van der Waals surface area contributed by atoms with Gasteiger partial charge in [0, 0.05) is 18.3 Å². The van der Waals surface area contributed by atoms with Crippen LogP contribution < -0.4 is 20.1 Å². The van der Waals surface area contributed by atoms with E-state index in [2.05, 4.69) is 24.5 Å². The van der Waals surface area contributed by atoms with Crippen LogP contribution in [-0.2, 0) is 11.3 Å². The van der Waals surface area contributed by atoms with Crippen molar-refractivity contribution in [3.8, 4) is 11.5 Å². The van der Waals surface area contributed by atoms with Crippen LogP contribution in [0.1, 0.15) is 35.5 Å². The number of carbonyl (C=O) groups excluding carboxylic acids is 2. The second kappa shape index (κ2) is 11.6. The molecule has 2 aromatic carbocycles. The summed E-state index contributed by atoms with van der Waals surface area (Å²) in [5.41, 5.74) is 2.37. The van der Waals surface area contributed by atoms with Gasteiger partial charge in [-0.15, -0.1) is 0 Å². The second-order valence-electron chi connectivity index (χ2n) is 7.79. The van der Waals surface area contributed by atoms with E-state index in [0.717, 1.165) is 11.1 Å². The maximum Gasteiger partial charge on any atom is 0.291 e. The van der Waals surface area contributed by atoms with Gasteiger partial charge in [0.2, 0.25) is 5.91 Å². The molecule has 0 aliphatic heterocycles. The summed E-state index contributed by atoms with van der Waals surface area (Å²) < 4.78 is 16.2. The summed E-state index contributed by atoms with van der Waals surface area (Å²) in [6.07, 6.45) is 4.64. The number of anilines is 1. The van der Waals surface area contributed by atoms with Gasteiger partial charge in [0.1, 0.15) is 0 Å². The number of ether oxygens (including phenoxy) is 2. The van der Waals surface area contributed by atoms with Crippen molar-refractivity contribution >= 4 is 23.6 Å². The molecule has 0 aliphatic carbocycles. The van der Waals surface area contributed by atoms with E-state index in [1.807, 2.05) is 30.3 Å². The molecular formula is C26H28N2O5. The van der Waals surface area contributed by atoms with Crippen LogP contribution in [0, 0.1) is 5.92 Å². The van der Waals surface area contributed by atoms with Gasteiger partial charge in [-0.1, -0.05) is 32.0 Å². The fourth-order valence-electron chi connectivity index (χ4n) is 2.89. The summed E-state index contributed by atoms with van der Waals surface area (Å²) in [7, 11) is 1.59. The zero-order chi connectivity index (χ0) is 23.6. The average Bonchev–Trinajstić information content (AvgIpc) is 3.36. The van der Waals surface area contributed by atoms with Crippen LogP contribution in [0.3, 0.4) is 0 Å². The normalized spacial score (nSPS) is 10.9. The monoisotopic (exact) mass is 448 g/mol. The summed E-state index contributed by atoms with van der Waals surface area (Å²) in [6.45, 7) is 5.13. The molecule has 3 aromatic rings. The maximum atomic E-state index is 12.2. The Morgan fingerprint density at radius 2 is 1.85 bits per heavy atom. The molecule has 2 N–H and O–H groups in total. The molecule has 1 heterocycles. The van der Waals surface area contributed by atoms with E-state index < -0.39 is 0 Å². The van der Waals surface area contributed by atoms with Gasteiger partial charge < -0.3 is 24.5 Å². The lowest BCUT2D eigenvalue weighted by Crippen LogP contribution is -2.20. The van der Waals surface area contributed by atoms with Crippen molar-refractivity contribution in [3.63, 3.8) is 0 Å². The second-order valence-corrected chi connectivity index (χ2v) is 7.79. The molecule has 0 aliphatic rings. The van der Waals surface area contributed by atoms with Crippen molar-refractivity contribution in [2.45, 2.75) is 20.4 Å². The molecule has 0 saturated carbocycles. The third-order valence-corrected chi connectivity index (χ3v) is 4.61. The van der Waals surface area contributed by atoms with Gasteiger partial charge in [0.15, 0.2) is 17.3 Å². The lowest BCUT2D eigenvalue weighted by Gasteiger charge is -2.12. The molecule has 7 heteroatoms. The highest BCUT2D eigenvalue weighted by Gasteiger charge is 2.09. The zero-order valence-corrected chi connectivity index (χ0v) is 19.0. The molecule has 0 spiro atoms. The van der Waals surface area contributed by atoms with Crippen LogP contribution in [0.2, 0.25) is 0 Å². The Balaban J connectivity index is 1.50. The van der Waals surface area contributed by atoms with Crippen molar-refractivity contribution in [1.82, 2.24) is 5.32 Å². The van der Waals surface area contributed by atoms with Crippen molar-refractivity contribution in [1.29, 1.82) is 0 Å². The number of rotatable bonds is 10. The minimum atomic E-state index is -0.317. The summed E-state index contributed by atoms with van der Waals surface area (Å²) in [5, 5.41) is 5.59. The fourth-order valence-corrected chi connectivity index (χ4v) is 2.89. The van der Waals surface area contributed by atoms with Gasteiger partial charge in [-0.3, -0.25) is 9.59 Å². The van der Waals surface area contributed by atoms with Crippen LogP contribution in [0.15, 0.2) is 71.4 Å². The number of hydrogen-bond acceptors (Lipinski definition) is 5. The minimum Gasteiger partial charge on any atom is -0.493 e. The summed E-state index contributed by atoms with van der Waals surface area (Å²) in [5.74, 6) is 1.42. The van der Waals surface area contributed by atoms with Crippen molar-refractivity contribution in [2.24, 2.45) is 5.92 Å². The number of carbonyl (C=O) groups is 2. The topological polar surface area (TPSA) is 89.8 Å². The van der Waals surface area contributed by atoms with Crippen molar-refractivity contribution in [2.75, 3.05) is 19.0 Å². The molecule has 0 atom stereocenters. The van der Waals surface area contributed by atoms with E-state index in [1.165, 1.54) is 12.3 Å². The highest BCUT2D eigenvalue weighted by atomic mass is 16.5. The first-order valence-electron chi connectivity index (χ1n) is 10.6. The molecule has 3 rings (SSSR count). The quantitative estimate of drug-likeness (QED) is 0.431. The summed E-state index contributed by atoms with van der Waals surface area (Å²) >= 11 is 0. The first-order valence-corrected chi connectivity index (χ1v) is 10.6. The van der Waals surface area contributed by atoms with E-state index in [-0.39, 0.29) is 17.6 Å². The lowest BCUT2D eigenvalue weighted by atomic mass is 10.1. The number of hydrogen-bond donors (Lipinski definition) is 2. The predicted octanol–water partition coefficient (Wildman–Crippen LogP) is 4.90. The molecule has 2 amide bonds. The Labute approximate surface area is 193 Å².